The van der Waals surface area contributed by atoms with Gasteiger partial charge in [-0.15, -0.1) is 0 Å². The number of nitrogens with zero attached hydrogens (tertiary/aromatic N) is 3. The van der Waals surface area contributed by atoms with E-state index in [1.54, 1.807) is 17.3 Å². The maximum absolute atomic E-state index is 13.0. The maximum atomic E-state index is 13.0. The quantitative estimate of drug-likeness (QED) is 0.779. The van der Waals surface area contributed by atoms with Crippen molar-refractivity contribution in [1.82, 2.24) is 14.8 Å². The predicted octanol–water partition coefficient (Wildman–Crippen LogP) is 1.70. The second-order valence-corrected chi connectivity index (χ2v) is 7.27. The Hall–Kier alpha value is -2.69. The summed E-state index contributed by atoms with van der Waals surface area (Å²) in [6.07, 6.45) is 0.988. The molecular weight excluding hydrogens is 407 g/mol. The number of aromatic nitrogens is 1. The van der Waals surface area contributed by atoms with Crippen LogP contribution in [0.25, 0.3) is 0 Å². The molecule has 0 radical (unpaired) electrons. The fourth-order valence-electron chi connectivity index (χ4n) is 3.69. The van der Waals surface area contributed by atoms with Crippen LogP contribution >= 0.6 is 0 Å². The molecule has 3 heterocycles. The minimum atomic E-state index is -5.08. The van der Waals surface area contributed by atoms with E-state index in [1.807, 2.05) is 17.0 Å². The van der Waals surface area contributed by atoms with Gasteiger partial charge in [0.25, 0.3) is 0 Å². The highest BCUT2D eigenvalue weighted by molar-refractivity contribution is 5.86. The largest absolute Gasteiger partial charge is 0.490 e. The third-order valence-electron chi connectivity index (χ3n) is 5.16. The van der Waals surface area contributed by atoms with Crippen LogP contribution < -0.4 is 0 Å². The number of aliphatic carboxylic acids is 1. The summed E-state index contributed by atoms with van der Waals surface area (Å²) in [5, 5.41) is 7.12. The van der Waals surface area contributed by atoms with E-state index in [0.29, 0.717) is 13.1 Å². The smallest absolute Gasteiger partial charge is 0.475 e. The van der Waals surface area contributed by atoms with Crippen LogP contribution in [0, 0.1) is 5.41 Å². The van der Waals surface area contributed by atoms with E-state index in [-0.39, 0.29) is 18.4 Å². The van der Waals surface area contributed by atoms with Gasteiger partial charge in [0.15, 0.2) is 0 Å². The molecule has 8 nitrogen and oxygen atoms in total. The zero-order valence-corrected chi connectivity index (χ0v) is 16.5. The van der Waals surface area contributed by atoms with Crippen LogP contribution in [0.1, 0.15) is 24.8 Å². The number of carboxylic acid groups (broad SMARTS) is 1. The van der Waals surface area contributed by atoms with Crippen molar-refractivity contribution in [3.05, 3.63) is 30.1 Å². The van der Waals surface area contributed by atoms with Gasteiger partial charge in [0, 0.05) is 45.7 Å². The number of alkyl halides is 3. The van der Waals surface area contributed by atoms with Gasteiger partial charge in [-0.2, -0.15) is 13.2 Å². The Morgan fingerprint density at radius 1 is 1.23 bits per heavy atom. The van der Waals surface area contributed by atoms with Crippen molar-refractivity contribution in [2.24, 2.45) is 5.41 Å². The molecule has 2 aliphatic rings. The topological polar surface area (TPSA) is 100 Å². The Labute approximate surface area is 171 Å². The first-order valence-electron chi connectivity index (χ1n) is 9.34. The van der Waals surface area contributed by atoms with Crippen LogP contribution in [0.5, 0.6) is 0 Å². The highest BCUT2D eigenvalue weighted by atomic mass is 19.4. The molecule has 0 aliphatic carbocycles. The van der Waals surface area contributed by atoms with Crippen molar-refractivity contribution in [3.8, 4) is 0 Å². The zero-order valence-electron chi connectivity index (χ0n) is 16.5. The number of carbonyl (C=O) groups is 3. The highest BCUT2D eigenvalue weighted by Crippen LogP contribution is 2.40. The van der Waals surface area contributed by atoms with Gasteiger partial charge in [0.1, 0.15) is 6.61 Å². The third kappa shape index (κ3) is 5.91. The Bertz CT molecular complexity index is 760. The number of hydrogen-bond acceptors (Lipinski definition) is 5. The van der Waals surface area contributed by atoms with Gasteiger partial charge in [0.2, 0.25) is 11.8 Å². The lowest BCUT2D eigenvalue weighted by molar-refractivity contribution is -0.192. The van der Waals surface area contributed by atoms with E-state index < -0.39 is 17.6 Å². The lowest BCUT2D eigenvalue weighted by Crippen LogP contribution is -2.50. The summed E-state index contributed by atoms with van der Waals surface area (Å²) in [4.78, 5) is 41.7. The van der Waals surface area contributed by atoms with Crippen LogP contribution in [-0.2, 0) is 25.7 Å². The number of amides is 2. The number of rotatable bonds is 4. The summed E-state index contributed by atoms with van der Waals surface area (Å²) < 4.78 is 36.7. The molecule has 1 aromatic rings. The minimum Gasteiger partial charge on any atom is -0.475 e. The molecule has 2 amide bonds. The molecule has 11 heteroatoms. The number of carbonyl (C=O) groups excluding carboxylic acids is 2. The van der Waals surface area contributed by atoms with Gasteiger partial charge in [0.05, 0.1) is 5.41 Å². The minimum absolute atomic E-state index is 0.0213. The van der Waals surface area contributed by atoms with Crippen molar-refractivity contribution in [1.29, 1.82) is 0 Å². The molecule has 1 N–H and O–H groups in total. The molecule has 1 aromatic heterocycles. The SMILES string of the molecule is COCC(=O)N1CCCC2(CCN(Cc3ccncc3)C2=O)C1.O=C(O)C(F)(F)F. The molecule has 30 heavy (non-hydrogen) atoms. The molecule has 0 saturated carbocycles. The number of halogens is 3. The zero-order chi connectivity index (χ0) is 22.4. The number of piperidine rings is 1. The van der Waals surface area contributed by atoms with E-state index in [1.165, 1.54) is 7.11 Å². The van der Waals surface area contributed by atoms with E-state index >= 15 is 0 Å². The molecule has 0 bridgehead atoms. The maximum Gasteiger partial charge on any atom is 0.490 e. The number of carboxylic acids is 1. The number of hydrogen-bond donors (Lipinski definition) is 1. The van der Waals surface area contributed by atoms with E-state index in [4.69, 9.17) is 14.6 Å². The summed E-state index contributed by atoms with van der Waals surface area (Å²) in [5.41, 5.74) is 0.697. The normalized spacial score (nSPS) is 21.4. The van der Waals surface area contributed by atoms with Crippen molar-refractivity contribution in [2.45, 2.75) is 32.0 Å². The van der Waals surface area contributed by atoms with Crippen LogP contribution in [0.15, 0.2) is 24.5 Å². The Morgan fingerprint density at radius 2 is 1.87 bits per heavy atom. The molecule has 1 spiro atoms. The summed E-state index contributed by atoms with van der Waals surface area (Å²) in [7, 11) is 1.52. The van der Waals surface area contributed by atoms with Gasteiger partial charge in [-0.05, 0) is 37.0 Å². The first-order valence-corrected chi connectivity index (χ1v) is 9.34. The van der Waals surface area contributed by atoms with Crippen LogP contribution in [-0.4, -0.2) is 77.2 Å². The number of methoxy groups -OCH3 is 1. The standard InChI is InChI=1S/C17H23N3O3.C2HF3O2/c1-23-12-15(21)20-9-2-5-17(13-20)6-10-19(16(17)22)11-14-3-7-18-8-4-14;3-2(4,5)1(6)7/h3-4,7-8H,2,5-6,9-13H2,1H3;(H,6,7). The molecule has 2 fully saturated rings. The fourth-order valence-corrected chi connectivity index (χ4v) is 3.69. The summed E-state index contributed by atoms with van der Waals surface area (Å²) >= 11 is 0. The number of ether oxygens (including phenoxy) is 1. The molecule has 2 aliphatic heterocycles. The van der Waals surface area contributed by atoms with Gasteiger partial charge >= 0.3 is 12.1 Å². The van der Waals surface area contributed by atoms with Crippen LogP contribution in [0.4, 0.5) is 13.2 Å². The summed E-state index contributed by atoms with van der Waals surface area (Å²) in [5.74, 6) is -2.59. The molecule has 2 saturated heterocycles. The average molecular weight is 431 g/mol. The molecule has 0 aromatic carbocycles. The van der Waals surface area contributed by atoms with Gasteiger partial charge in [-0.25, -0.2) is 4.79 Å². The highest BCUT2D eigenvalue weighted by Gasteiger charge is 2.49. The van der Waals surface area contributed by atoms with Gasteiger partial charge in [-0.3, -0.25) is 14.6 Å². The van der Waals surface area contributed by atoms with Gasteiger partial charge < -0.3 is 19.6 Å². The second kappa shape index (κ2) is 9.88. The summed E-state index contributed by atoms with van der Waals surface area (Å²) in [6, 6.07) is 3.88. The predicted molar refractivity (Wildman–Crippen MR) is 98.1 cm³/mol. The average Bonchev–Trinajstić information content (AvgIpc) is 2.98. The first-order chi connectivity index (χ1) is 14.1. The lowest BCUT2D eigenvalue weighted by Gasteiger charge is -2.39. The Morgan fingerprint density at radius 3 is 2.43 bits per heavy atom. The number of pyridine rings is 1. The fraction of sp³-hybridized carbons (Fsp3) is 0.579. The summed E-state index contributed by atoms with van der Waals surface area (Å²) in [6.45, 7) is 2.72. The van der Waals surface area contributed by atoms with Crippen molar-refractivity contribution >= 4 is 17.8 Å². The molecule has 3 rings (SSSR count). The molecule has 1 atom stereocenters. The Kier molecular flexibility index (Phi) is 7.77. The van der Waals surface area contributed by atoms with Crippen molar-refractivity contribution in [2.75, 3.05) is 33.4 Å². The second-order valence-electron chi connectivity index (χ2n) is 7.27. The third-order valence-corrected chi connectivity index (χ3v) is 5.16. The first kappa shape index (κ1) is 23.6. The van der Waals surface area contributed by atoms with Crippen molar-refractivity contribution < 1.29 is 37.4 Å². The van der Waals surface area contributed by atoms with E-state index in [0.717, 1.165) is 37.9 Å². The molecular formula is C19H24F3N3O5. The Balaban J connectivity index is 0.000000396. The van der Waals surface area contributed by atoms with Crippen molar-refractivity contribution in [3.63, 3.8) is 0 Å². The lowest BCUT2D eigenvalue weighted by atomic mass is 9.78. The monoisotopic (exact) mass is 431 g/mol. The molecule has 1 unspecified atom stereocenters. The van der Waals surface area contributed by atoms with Gasteiger partial charge in [-0.1, -0.05) is 0 Å². The number of likely N-dealkylation sites (tertiary alicyclic amines) is 2. The van der Waals surface area contributed by atoms with E-state index in [2.05, 4.69) is 4.98 Å². The van der Waals surface area contributed by atoms with Crippen LogP contribution in [0.2, 0.25) is 0 Å². The van der Waals surface area contributed by atoms with Crippen LogP contribution in [0.3, 0.4) is 0 Å². The molecule has 166 valence electrons. The van der Waals surface area contributed by atoms with E-state index in [9.17, 15) is 22.8 Å².